The van der Waals surface area contributed by atoms with Gasteiger partial charge >= 0.3 is 0 Å². The zero-order valence-corrected chi connectivity index (χ0v) is 16.3. The van der Waals surface area contributed by atoms with Gasteiger partial charge in [-0.15, -0.1) is 0 Å². The molecule has 27 heavy (non-hydrogen) atoms. The van der Waals surface area contributed by atoms with E-state index in [-0.39, 0.29) is 0 Å². The van der Waals surface area contributed by atoms with Crippen molar-refractivity contribution in [3.05, 3.63) is 36.1 Å². The molecule has 4 heteroatoms. The van der Waals surface area contributed by atoms with Gasteiger partial charge in [-0.1, -0.05) is 31.5 Å². The van der Waals surface area contributed by atoms with Gasteiger partial charge in [-0.25, -0.2) is 0 Å². The molecule has 5 rings (SSSR count). The van der Waals surface area contributed by atoms with Gasteiger partial charge in [-0.3, -0.25) is 9.69 Å². The standard InChI is InChI=1S/C23H30N2O2/c1-2-6-20-17-11-18(21-8-5-10-23(26)25(20)21)14-24(13-17)15-19-12-16-7-3-4-9-22(16)27-19/h3-4,7,9,12,17-18,20-21H,2,5-6,8,10-11,13-15H2,1H3/t17-,18+,20-,21-/m0/s1. The average molecular weight is 367 g/mol. The van der Waals surface area contributed by atoms with Crippen LogP contribution in [0.1, 0.15) is 51.2 Å². The van der Waals surface area contributed by atoms with Gasteiger partial charge in [0.2, 0.25) is 5.91 Å². The Bertz CT molecular complexity index is 796. The lowest BCUT2D eigenvalue weighted by molar-refractivity contribution is -0.153. The summed E-state index contributed by atoms with van der Waals surface area (Å²) in [5.41, 5.74) is 0.984. The van der Waals surface area contributed by atoms with Crippen molar-refractivity contribution in [2.24, 2.45) is 11.8 Å². The fraction of sp³-hybridized carbons (Fsp3) is 0.609. The van der Waals surface area contributed by atoms with Crippen LogP contribution in [0.3, 0.4) is 0 Å². The molecule has 1 amide bonds. The Kier molecular flexibility index (Phi) is 4.47. The molecule has 4 heterocycles. The Hall–Kier alpha value is -1.81. The first-order valence-corrected chi connectivity index (χ1v) is 10.7. The Morgan fingerprint density at radius 1 is 1.19 bits per heavy atom. The van der Waals surface area contributed by atoms with Crippen molar-refractivity contribution >= 4 is 16.9 Å². The highest BCUT2D eigenvalue weighted by atomic mass is 16.3. The molecule has 3 saturated heterocycles. The summed E-state index contributed by atoms with van der Waals surface area (Å²) in [5.74, 6) is 2.74. The van der Waals surface area contributed by atoms with Crippen LogP contribution < -0.4 is 0 Å². The summed E-state index contributed by atoms with van der Waals surface area (Å²) in [4.78, 5) is 17.6. The molecule has 3 aliphatic heterocycles. The van der Waals surface area contributed by atoms with Gasteiger partial charge in [-0.2, -0.15) is 0 Å². The molecule has 2 bridgehead atoms. The Labute approximate surface area is 161 Å². The van der Waals surface area contributed by atoms with Gasteiger partial charge < -0.3 is 9.32 Å². The molecule has 0 aliphatic carbocycles. The van der Waals surface area contributed by atoms with Gasteiger partial charge in [0.15, 0.2) is 0 Å². The number of piperidine rings is 3. The number of fused-ring (bicyclic) bond motifs is 5. The number of nitrogens with zero attached hydrogens (tertiary/aromatic N) is 2. The molecule has 0 saturated carbocycles. The minimum Gasteiger partial charge on any atom is -0.460 e. The second-order valence-corrected chi connectivity index (χ2v) is 8.82. The van der Waals surface area contributed by atoms with Crippen molar-refractivity contribution < 1.29 is 9.21 Å². The zero-order valence-electron chi connectivity index (χ0n) is 16.3. The van der Waals surface area contributed by atoms with E-state index in [0.717, 1.165) is 56.7 Å². The highest BCUT2D eigenvalue weighted by Crippen LogP contribution is 2.43. The molecule has 1 aromatic carbocycles. The van der Waals surface area contributed by atoms with Crippen molar-refractivity contribution in [2.45, 2.75) is 64.1 Å². The maximum absolute atomic E-state index is 12.7. The lowest BCUT2D eigenvalue weighted by atomic mass is 9.71. The van der Waals surface area contributed by atoms with Crippen molar-refractivity contribution in [1.29, 1.82) is 0 Å². The number of hydrogen-bond acceptors (Lipinski definition) is 3. The summed E-state index contributed by atoms with van der Waals surface area (Å²) < 4.78 is 6.08. The smallest absolute Gasteiger partial charge is 0.223 e. The fourth-order valence-corrected chi connectivity index (χ4v) is 6.00. The molecular formula is C23H30N2O2. The van der Waals surface area contributed by atoms with Crippen LogP contribution in [-0.2, 0) is 11.3 Å². The van der Waals surface area contributed by atoms with E-state index in [0.29, 0.717) is 29.8 Å². The van der Waals surface area contributed by atoms with Gasteiger partial charge in [0.05, 0.1) is 6.54 Å². The Morgan fingerprint density at radius 2 is 2.04 bits per heavy atom. The minimum absolute atomic E-state index is 0.421. The molecule has 0 unspecified atom stereocenters. The zero-order chi connectivity index (χ0) is 18.4. The monoisotopic (exact) mass is 366 g/mol. The maximum atomic E-state index is 12.7. The van der Waals surface area contributed by atoms with Crippen LogP contribution in [0.5, 0.6) is 0 Å². The summed E-state index contributed by atoms with van der Waals surface area (Å²) in [6, 6.07) is 11.4. The molecule has 0 spiro atoms. The number of rotatable bonds is 4. The lowest BCUT2D eigenvalue weighted by Crippen LogP contribution is -2.64. The van der Waals surface area contributed by atoms with Crippen molar-refractivity contribution in [1.82, 2.24) is 9.80 Å². The van der Waals surface area contributed by atoms with Gasteiger partial charge in [0.1, 0.15) is 11.3 Å². The van der Waals surface area contributed by atoms with Crippen LogP contribution in [0.4, 0.5) is 0 Å². The quantitative estimate of drug-likeness (QED) is 0.803. The van der Waals surface area contributed by atoms with Crippen LogP contribution in [0, 0.1) is 11.8 Å². The van der Waals surface area contributed by atoms with E-state index in [4.69, 9.17) is 4.42 Å². The van der Waals surface area contributed by atoms with Crippen LogP contribution in [0.2, 0.25) is 0 Å². The van der Waals surface area contributed by atoms with Gasteiger partial charge in [0.25, 0.3) is 0 Å². The predicted molar refractivity (Wildman–Crippen MR) is 106 cm³/mol. The van der Waals surface area contributed by atoms with E-state index in [1.807, 2.05) is 12.1 Å². The third kappa shape index (κ3) is 3.08. The van der Waals surface area contributed by atoms with Crippen LogP contribution in [0.25, 0.3) is 11.0 Å². The normalized spacial score (nSPS) is 31.3. The fourth-order valence-electron chi connectivity index (χ4n) is 6.00. The molecule has 3 fully saturated rings. The molecule has 144 valence electrons. The number of furan rings is 1. The van der Waals surface area contributed by atoms with E-state index in [1.54, 1.807) is 0 Å². The first kappa shape index (κ1) is 17.3. The number of carbonyl (C=O) groups excluding carboxylic acids is 1. The van der Waals surface area contributed by atoms with Crippen molar-refractivity contribution in [3.8, 4) is 0 Å². The molecule has 1 aromatic heterocycles. The predicted octanol–water partition coefficient (Wildman–Crippen LogP) is 4.43. The number of para-hydroxylation sites is 1. The molecular weight excluding hydrogens is 336 g/mol. The largest absolute Gasteiger partial charge is 0.460 e. The molecule has 4 atom stereocenters. The van der Waals surface area contributed by atoms with Gasteiger partial charge in [0, 0.05) is 37.0 Å². The summed E-state index contributed by atoms with van der Waals surface area (Å²) in [7, 11) is 0. The Balaban J connectivity index is 1.37. The van der Waals surface area contributed by atoms with Gasteiger partial charge in [-0.05, 0) is 49.7 Å². The maximum Gasteiger partial charge on any atom is 0.223 e. The number of amides is 1. The van der Waals surface area contributed by atoms with E-state index in [2.05, 4.69) is 34.9 Å². The average Bonchev–Trinajstić information content (AvgIpc) is 3.07. The number of likely N-dealkylation sites (tertiary alicyclic amines) is 1. The van der Waals surface area contributed by atoms with Crippen LogP contribution >= 0.6 is 0 Å². The summed E-state index contributed by atoms with van der Waals surface area (Å²) in [5, 5.41) is 1.19. The van der Waals surface area contributed by atoms with Crippen molar-refractivity contribution in [3.63, 3.8) is 0 Å². The topological polar surface area (TPSA) is 36.7 Å². The van der Waals surface area contributed by atoms with Crippen LogP contribution in [0.15, 0.2) is 34.7 Å². The number of carbonyl (C=O) groups is 1. The van der Waals surface area contributed by atoms with E-state index >= 15 is 0 Å². The molecule has 3 aliphatic rings. The first-order chi connectivity index (χ1) is 13.2. The number of benzene rings is 1. The SMILES string of the molecule is CCC[C@H]1[C@H]2C[C@H](CN(Cc3cc4ccccc4o3)C2)[C@@H]2CCCC(=O)N21. The van der Waals surface area contributed by atoms with E-state index < -0.39 is 0 Å². The summed E-state index contributed by atoms with van der Waals surface area (Å²) in [6.07, 6.45) is 6.64. The third-order valence-electron chi connectivity index (χ3n) is 7.01. The molecule has 2 aromatic rings. The first-order valence-electron chi connectivity index (χ1n) is 10.7. The molecule has 4 nitrogen and oxygen atoms in total. The summed E-state index contributed by atoms with van der Waals surface area (Å²) >= 11 is 0. The second kappa shape index (κ2) is 6.97. The van der Waals surface area contributed by atoms with E-state index in [1.165, 1.54) is 18.2 Å². The minimum atomic E-state index is 0.421. The molecule has 0 N–H and O–H groups in total. The second-order valence-electron chi connectivity index (χ2n) is 8.82. The van der Waals surface area contributed by atoms with Crippen molar-refractivity contribution in [2.75, 3.05) is 13.1 Å². The third-order valence-corrected chi connectivity index (χ3v) is 7.01. The lowest BCUT2D eigenvalue weighted by Gasteiger charge is -2.56. The highest BCUT2D eigenvalue weighted by molar-refractivity contribution is 5.78. The van der Waals surface area contributed by atoms with E-state index in [9.17, 15) is 4.79 Å². The van der Waals surface area contributed by atoms with Crippen LogP contribution in [-0.4, -0.2) is 40.9 Å². The molecule has 0 radical (unpaired) electrons. The Morgan fingerprint density at radius 3 is 2.89 bits per heavy atom. The summed E-state index contributed by atoms with van der Waals surface area (Å²) in [6.45, 7) is 5.33. The number of hydrogen-bond donors (Lipinski definition) is 0. The highest BCUT2D eigenvalue weighted by Gasteiger charge is 2.48.